The van der Waals surface area contributed by atoms with E-state index in [1.807, 2.05) is 0 Å². The Morgan fingerprint density at radius 1 is 1.12 bits per heavy atom. The molecule has 0 saturated carbocycles. The van der Waals surface area contributed by atoms with Gasteiger partial charge in [-0.3, -0.25) is 0 Å². The summed E-state index contributed by atoms with van der Waals surface area (Å²) < 4.78 is 72.6. The minimum Gasteiger partial charge on any atom is -0.468 e. The van der Waals surface area contributed by atoms with Crippen LogP contribution in [-0.4, -0.2) is 14.2 Å². The first-order chi connectivity index (χ1) is 12.2. The molecule has 0 N–H and O–H groups in total. The number of hydrogen-bond donors (Lipinski definition) is 0. The molecule has 0 aromatic heterocycles. The summed E-state index contributed by atoms with van der Waals surface area (Å²) in [5, 5.41) is 0. The molecule has 138 valence electrons. The fourth-order valence-corrected chi connectivity index (χ4v) is 3.08. The van der Waals surface area contributed by atoms with E-state index in [1.165, 1.54) is 30.3 Å². The van der Waals surface area contributed by atoms with Gasteiger partial charge in [0, 0.05) is 6.07 Å². The molecule has 2 rings (SSSR count). The van der Waals surface area contributed by atoms with Crippen molar-refractivity contribution in [2.24, 2.45) is 0 Å². The third-order valence-corrected chi connectivity index (χ3v) is 4.48. The fraction of sp³-hybridized carbons (Fsp3) is 0.235. The maximum atomic E-state index is 13.0. The highest BCUT2D eigenvalue weighted by Gasteiger charge is 2.34. The highest BCUT2D eigenvalue weighted by Crippen LogP contribution is 2.43. The predicted molar refractivity (Wildman–Crippen MR) is 88.9 cm³/mol. The first-order valence-corrected chi connectivity index (χ1v) is 9.02. The lowest BCUT2D eigenvalue weighted by molar-refractivity contribution is -0.136. The maximum Gasteiger partial charge on any atom is 0.407 e. The van der Waals surface area contributed by atoms with Crippen molar-refractivity contribution in [3.05, 3.63) is 59.4 Å². The van der Waals surface area contributed by atoms with E-state index in [2.05, 4.69) is 4.85 Å². The van der Waals surface area contributed by atoms with Crippen LogP contribution in [-0.2, 0) is 16.3 Å². The number of benzene rings is 2. The smallest absolute Gasteiger partial charge is 0.407 e. The van der Waals surface area contributed by atoms with Gasteiger partial charge in [0.25, 0.3) is 0 Å². The number of para-hydroxylation sites is 1. The van der Waals surface area contributed by atoms with Crippen LogP contribution >= 0.6 is 0 Å². The molecule has 5 nitrogen and oxygen atoms in total. The Balaban J connectivity index is 2.33. The Labute approximate surface area is 148 Å². The molecule has 9 heteroatoms. The zero-order valence-corrected chi connectivity index (χ0v) is 14.4. The van der Waals surface area contributed by atoms with Crippen LogP contribution in [0, 0.1) is 6.57 Å². The Morgan fingerprint density at radius 3 is 2.38 bits per heavy atom. The molecule has 0 unspecified atom stereocenters. The lowest BCUT2D eigenvalue weighted by Gasteiger charge is -2.13. The van der Waals surface area contributed by atoms with Crippen molar-refractivity contribution in [1.29, 1.82) is 0 Å². The summed E-state index contributed by atoms with van der Waals surface area (Å²) >= 11 is 0. The van der Waals surface area contributed by atoms with Gasteiger partial charge in [-0.2, -0.15) is 21.6 Å². The number of hydrogen-bond acceptors (Lipinski definition) is 4. The lowest BCUT2D eigenvalue weighted by Crippen LogP contribution is -2.13. The van der Waals surface area contributed by atoms with Crippen LogP contribution < -0.4 is 8.92 Å². The molecule has 0 bridgehead atoms. The van der Waals surface area contributed by atoms with Gasteiger partial charge in [-0.15, -0.1) is 0 Å². The molecule has 2 aromatic carbocycles. The molecule has 26 heavy (non-hydrogen) atoms. The van der Waals surface area contributed by atoms with Gasteiger partial charge in [0.1, 0.15) is 17.2 Å². The zero-order valence-electron chi connectivity index (χ0n) is 13.6. The minimum atomic E-state index is -4.70. The van der Waals surface area contributed by atoms with E-state index in [0.29, 0.717) is 6.42 Å². The average molecular weight is 385 g/mol. The van der Waals surface area contributed by atoms with Crippen LogP contribution in [0.5, 0.6) is 17.2 Å². The molecule has 0 aliphatic rings. The largest absolute Gasteiger partial charge is 0.468 e. The molecule has 0 heterocycles. The standard InChI is InChI=1S/C17H14F3NO4S/c1-3-10-26(22,23)25-13-7-4-6-12(11-13)24-15-9-5-8-14(16(15)21-2)17(18,19)20/h4-9,11H,3,10H2,1H3. The van der Waals surface area contributed by atoms with Crippen LogP contribution in [0.2, 0.25) is 0 Å². The second kappa shape index (κ2) is 7.66. The van der Waals surface area contributed by atoms with Gasteiger partial charge in [-0.05, 0) is 24.6 Å². The summed E-state index contributed by atoms with van der Waals surface area (Å²) in [5.41, 5.74) is -1.78. The summed E-state index contributed by atoms with van der Waals surface area (Å²) in [7, 11) is -3.77. The van der Waals surface area contributed by atoms with E-state index in [-0.39, 0.29) is 23.0 Å². The zero-order chi connectivity index (χ0) is 19.4. The molecule has 0 spiro atoms. The van der Waals surface area contributed by atoms with Crippen molar-refractivity contribution in [3.8, 4) is 17.2 Å². The summed E-state index contributed by atoms with van der Waals surface area (Å²) in [6.45, 7) is 8.70. The highest BCUT2D eigenvalue weighted by molar-refractivity contribution is 7.87. The molecular formula is C17H14F3NO4S. The second-order valence-corrected chi connectivity index (χ2v) is 6.87. The van der Waals surface area contributed by atoms with E-state index >= 15 is 0 Å². The number of halogens is 3. The van der Waals surface area contributed by atoms with Gasteiger partial charge in [-0.25, -0.2) is 4.85 Å². The molecule has 0 aliphatic heterocycles. The van der Waals surface area contributed by atoms with Crippen LogP contribution in [0.25, 0.3) is 4.85 Å². The van der Waals surface area contributed by atoms with Gasteiger partial charge in [-0.1, -0.05) is 25.1 Å². The van der Waals surface area contributed by atoms with E-state index < -0.39 is 27.5 Å². The van der Waals surface area contributed by atoms with E-state index in [0.717, 1.165) is 12.1 Å². The number of rotatable bonds is 6. The molecule has 2 aromatic rings. The van der Waals surface area contributed by atoms with E-state index in [9.17, 15) is 21.6 Å². The fourth-order valence-electron chi connectivity index (χ4n) is 2.10. The van der Waals surface area contributed by atoms with Crippen molar-refractivity contribution in [1.82, 2.24) is 0 Å². The summed E-state index contributed by atoms with van der Waals surface area (Å²) in [6, 6.07) is 8.58. The van der Waals surface area contributed by atoms with Crippen molar-refractivity contribution < 1.29 is 30.5 Å². The van der Waals surface area contributed by atoms with E-state index in [1.54, 1.807) is 6.92 Å². The van der Waals surface area contributed by atoms with Gasteiger partial charge in [0.05, 0.1) is 17.9 Å². The first-order valence-electron chi connectivity index (χ1n) is 7.44. The topological polar surface area (TPSA) is 57.0 Å². The van der Waals surface area contributed by atoms with E-state index in [4.69, 9.17) is 15.5 Å². The molecule has 0 atom stereocenters. The van der Waals surface area contributed by atoms with Crippen LogP contribution in [0.15, 0.2) is 42.5 Å². The van der Waals surface area contributed by atoms with Crippen molar-refractivity contribution in [2.75, 3.05) is 5.75 Å². The van der Waals surface area contributed by atoms with Gasteiger partial charge < -0.3 is 8.92 Å². The Bertz CT molecular complexity index is 934. The van der Waals surface area contributed by atoms with Crippen LogP contribution in [0.4, 0.5) is 18.9 Å². The second-order valence-electron chi connectivity index (χ2n) is 5.18. The van der Waals surface area contributed by atoms with Gasteiger partial charge in [0.15, 0.2) is 0 Å². The minimum absolute atomic E-state index is 0.0349. The molecule has 0 amide bonds. The predicted octanol–water partition coefficient (Wildman–Crippen LogP) is 5.17. The molecule has 0 saturated heterocycles. The Morgan fingerprint density at radius 2 is 1.77 bits per heavy atom. The monoisotopic (exact) mass is 385 g/mol. The van der Waals surface area contributed by atoms with Crippen LogP contribution in [0.3, 0.4) is 0 Å². The number of alkyl halides is 3. The SMILES string of the molecule is [C-]#[N+]c1c(Oc2cccc(OS(=O)(=O)CCC)c2)cccc1C(F)(F)F. The van der Waals surface area contributed by atoms with Gasteiger partial charge >= 0.3 is 16.3 Å². The summed E-state index contributed by atoms with van der Waals surface area (Å²) in [4.78, 5) is 2.92. The van der Waals surface area contributed by atoms with Crippen molar-refractivity contribution in [3.63, 3.8) is 0 Å². The highest BCUT2D eigenvalue weighted by atomic mass is 32.2. The maximum absolute atomic E-state index is 13.0. The molecule has 0 aliphatic carbocycles. The summed E-state index contributed by atoms with van der Waals surface area (Å²) in [5.74, 6) is -0.456. The van der Waals surface area contributed by atoms with Gasteiger partial charge in [0.2, 0.25) is 5.69 Å². The molecule has 0 radical (unpaired) electrons. The Kier molecular flexibility index (Phi) is 5.77. The normalized spacial score (nSPS) is 11.7. The number of nitrogens with zero attached hydrogens (tertiary/aromatic N) is 1. The van der Waals surface area contributed by atoms with Crippen LogP contribution in [0.1, 0.15) is 18.9 Å². The quantitative estimate of drug-likeness (QED) is 0.509. The van der Waals surface area contributed by atoms with Crippen molar-refractivity contribution in [2.45, 2.75) is 19.5 Å². The third-order valence-electron chi connectivity index (χ3n) is 3.13. The van der Waals surface area contributed by atoms with Crippen molar-refractivity contribution >= 4 is 15.8 Å². The average Bonchev–Trinajstić information content (AvgIpc) is 2.53. The third kappa shape index (κ3) is 4.89. The molecule has 0 fully saturated rings. The molecular weight excluding hydrogens is 371 g/mol. The Hall–Kier alpha value is -2.73. The first kappa shape index (κ1) is 19.6. The lowest BCUT2D eigenvalue weighted by atomic mass is 10.1. The number of ether oxygens (including phenoxy) is 1. The summed E-state index contributed by atoms with van der Waals surface area (Å²) in [6.07, 6.45) is -4.32.